The van der Waals surface area contributed by atoms with E-state index in [2.05, 4.69) is 25.3 Å². The second-order valence-corrected chi connectivity index (χ2v) is 11.7. The van der Waals surface area contributed by atoms with Crippen LogP contribution in [0.5, 0.6) is 0 Å². The molecule has 4 aromatic rings. The fraction of sp³-hybridized carbons (Fsp3) is 0.448. The number of hydrogen-bond donors (Lipinski definition) is 6. The first-order chi connectivity index (χ1) is 22.4. The Morgan fingerprint density at radius 3 is 2.53 bits per heavy atom. The summed E-state index contributed by atoms with van der Waals surface area (Å²) in [5.74, 6) is -3.59. The monoisotopic (exact) mass is 666 g/mol. The molecule has 2 fully saturated rings. The third-order valence-electron chi connectivity index (χ3n) is 8.54. The van der Waals surface area contributed by atoms with Gasteiger partial charge in [0.15, 0.2) is 34.8 Å². The van der Waals surface area contributed by atoms with Crippen LogP contribution in [0, 0.1) is 17.5 Å². The van der Waals surface area contributed by atoms with Crippen molar-refractivity contribution in [1.82, 2.24) is 24.5 Å². The number of imidazole rings is 1. The Morgan fingerprint density at radius 2 is 1.81 bits per heavy atom. The van der Waals surface area contributed by atoms with E-state index < -0.39 is 66.7 Å². The Bertz CT molecular complexity index is 1770. The summed E-state index contributed by atoms with van der Waals surface area (Å²) in [5, 5.41) is 42.9. The second kappa shape index (κ2) is 12.9. The summed E-state index contributed by atoms with van der Waals surface area (Å²) in [6.45, 7) is -0.369. The number of ether oxygens (including phenoxy) is 1. The van der Waals surface area contributed by atoms with Gasteiger partial charge in [-0.25, -0.2) is 36.9 Å². The molecule has 2 saturated heterocycles. The Balaban J connectivity index is 1.38. The molecular weight excluding hydrogens is 635 g/mol. The number of nitrogens with zero attached hydrogens (tertiary/aromatic N) is 6. The third-order valence-corrected chi connectivity index (χ3v) is 8.54. The first-order valence-electron chi connectivity index (χ1n) is 14.6. The maximum Gasteiger partial charge on any atom is 0.265 e. The zero-order valence-electron chi connectivity index (χ0n) is 24.5. The molecule has 0 saturated carbocycles. The Kier molecular flexibility index (Phi) is 8.98. The van der Waals surface area contributed by atoms with E-state index in [1.807, 2.05) is 0 Å². The number of nitrogens with two attached hydrogens (primary N) is 1. The molecule has 252 valence electrons. The maximum atomic E-state index is 14.8. The van der Waals surface area contributed by atoms with Crippen LogP contribution < -0.4 is 16.0 Å². The van der Waals surface area contributed by atoms with E-state index in [1.54, 1.807) is 9.47 Å². The van der Waals surface area contributed by atoms with Gasteiger partial charge in [0.1, 0.15) is 36.6 Å². The summed E-state index contributed by atoms with van der Waals surface area (Å²) in [7, 11) is 0. The van der Waals surface area contributed by atoms with Crippen molar-refractivity contribution in [2.45, 2.75) is 62.0 Å². The summed E-state index contributed by atoms with van der Waals surface area (Å²) in [5.41, 5.74) is 5.57. The predicted octanol–water partition coefficient (Wildman–Crippen LogP) is 1.13. The lowest BCUT2D eigenvalue weighted by Gasteiger charge is -2.44. The Morgan fingerprint density at radius 1 is 1.04 bits per heavy atom. The van der Waals surface area contributed by atoms with Gasteiger partial charge in [-0.15, -0.1) is 0 Å². The molecule has 0 radical (unpaired) electrons. The summed E-state index contributed by atoms with van der Waals surface area (Å²) >= 11 is 0. The highest BCUT2D eigenvalue weighted by Gasteiger charge is 2.44. The van der Waals surface area contributed by atoms with Crippen LogP contribution in [0.4, 0.5) is 33.5 Å². The van der Waals surface area contributed by atoms with Crippen molar-refractivity contribution in [3.63, 3.8) is 0 Å². The molecule has 0 bridgehead atoms. The van der Waals surface area contributed by atoms with Crippen LogP contribution in [0.2, 0.25) is 0 Å². The van der Waals surface area contributed by atoms with Crippen LogP contribution in [0.1, 0.15) is 18.4 Å². The van der Waals surface area contributed by atoms with Gasteiger partial charge >= 0.3 is 0 Å². The van der Waals surface area contributed by atoms with Crippen molar-refractivity contribution < 1.29 is 47.1 Å². The first kappa shape index (κ1) is 32.9. The van der Waals surface area contributed by atoms with Gasteiger partial charge in [-0.3, -0.25) is 4.98 Å². The molecule has 0 amide bonds. The number of pyridine rings is 1. The molecule has 0 spiro atoms. The minimum atomic E-state index is -3.08. The number of halogens is 5. The van der Waals surface area contributed by atoms with E-state index in [9.17, 15) is 42.4 Å². The van der Waals surface area contributed by atoms with E-state index in [-0.39, 0.29) is 47.7 Å². The van der Waals surface area contributed by atoms with Gasteiger partial charge in [-0.2, -0.15) is 0 Å². The highest BCUT2D eigenvalue weighted by molar-refractivity contribution is 5.83. The number of hydrogen-bond acceptors (Lipinski definition) is 12. The molecule has 7 N–H and O–H groups in total. The largest absolute Gasteiger partial charge is 0.394 e. The van der Waals surface area contributed by atoms with Crippen LogP contribution in [0.15, 0.2) is 37.1 Å². The molecule has 6 rings (SSSR count). The van der Waals surface area contributed by atoms with Crippen molar-refractivity contribution in [2.24, 2.45) is 5.73 Å². The van der Waals surface area contributed by atoms with Gasteiger partial charge in [0.25, 0.3) is 6.43 Å². The molecule has 4 unspecified atom stereocenters. The molecule has 47 heavy (non-hydrogen) atoms. The molecule has 0 aliphatic carbocycles. The van der Waals surface area contributed by atoms with E-state index in [0.29, 0.717) is 36.3 Å². The zero-order valence-corrected chi connectivity index (χ0v) is 24.5. The molecule has 5 heterocycles. The average molecular weight is 667 g/mol. The zero-order chi connectivity index (χ0) is 33.6. The van der Waals surface area contributed by atoms with Gasteiger partial charge in [-0.05, 0) is 30.5 Å². The van der Waals surface area contributed by atoms with Crippen LogP contribution in [-0.2, 0) is 11.3 Å². The summed E-state index contributed by atoms with van der Waals surface area (Å²) in [4.78, 5) is 18.8. The normalized spacial score (nSPS) is 25.6. The number of benzene rings is 1. The molecule has 6 atom stereocenters. The maximum absolute atomic E-state index is 14.8. The van der Waals surface area contributed by atoms with E-state index in [4.69, 9.17) is 10.5 Å². The average Bonchev–Trinajstić information content (AvgIpc) is 3.58. The summed E-state index contributed by atoms with van der Waals surface area (Å²) in [6.07, 6.45) is -5.64. The Hall–Kier alpha value is -4.07. The number of aliphatic hydroxyl groups excluding tert-OH is 4. The molecule has 1 aromatic carbocycles. The third kappa shape index (κ3) is 6.19. The van der Waals surface area contributed by atoms with Crippen LogP contribution in [-0.4, -0.2) is 107 Å². The van der Waals surface area contributed by atoms with E-state index >= 15 is 0 Å². The number of alkyl halides is 2. The van der Waals surface area contributed by atoms with Crippen LogP contribution in [0.25, 0.3) is 22.4 Å². The minimum absolute atomic E-state index is 0.0254. The van der Waals surface area contributed by atoms with Crippen LogP contribution in [0.3, 0.4) is 0 Å². The molecular formula is C29H31F5N8O5. The van der Waals surface area contributed by atoms with Gasteiger partial charge in [0, 0.05) is 24.7 Å². The molecule has 2 aliphatic heterocycles. The molecule has 13 nitrogen and oxygen atoms in total. The lowest BCUT2D eigenvalue weighted by molar-refractivity contribution is -0.0529. The van der Waals surface area contributed by atoms with Crippen molar-refractivity contribution >= 4 is 22.7 Å². The van der Waals surface area contributed by atoms with E-state index in [1.165, 1.54) is 24.9 Å². The number of fused-ring (bicyclic) bond motifs is 1. The van der Waals surface area contributed by atoms with Crippen molar-refractivity contribution in [3.05, 3.63) is 60.1 Å². The molecule has 2 aliphatic rings. The van der Waals surface area contributed by atoms with Gasteiger partial charge < -0.3 is 45.7 Å². The first-order valence-corrected chi connectivity index (χ1v) is 14.6. The minimum Gasteiger partial charge on any atom is -0.394 e. The number of rotatable bonds is 9. The highest BCUT2D eigenvalue weighted by Crippen LogP contribution is 2.34. The predicted molar refractivity (Wildman–Crippen MR) is 156 cm³/mol. The van der Waals surface area contributed by atoms with Crippen LogP contribution >= 0.6 is 0 Å². The lowest BCUT2D eigenvalue weighted by Crippen LogP contribution is -2.63. The standard InChI is InChI=1S/C29H31F5N8O5/c30-15-6-17(32)16(31)5-14(15)18-4-13(19(7-36-18)41-3-1-2-29(35,10-41)24(46)25(33)34)8-42-12-39-21-26(37-11-38-27(21)42)40-28-23(45)22(44)20(9-43)47-28/h4-7,11-12,20,22-25,28,43-46H,1-3,8-10,35H2,(H,37,38,40)/t20?,22?,23?,24-,28?,29+/m0/s1. The number of aliphatic hydroxyl groups is 4. The fourth-order valence-corrected chi connectivity index (χ4v) is 6.02. The van der Waals surface area contributed by atoms with Crippen molar-refractivity contribution in [1.29, 1.82) is 0 Å². The molecule has 3 aromatic heterocycles. The smallest absolute Gasteiger partial charge is 0.265 e. The number of nitrogens with one attached hydrogen (secondary N) is 1. The lowest BCUT2D eigenvalue weighted by atomic mass is 9.84. The highest BCUT2D eigenvalue weighted by atomic mass is 19.3. The summed E-state index contributed by atoms with van der Waals surface area (Å²) < 4.78 is 76.7. The second-order valence-electron chi connectivity index (χ2n) is 11.7. The Labute approximate surface area is 263 Å². The number of piperidine rings is 1. The van der Waals surface area contributed by atoms with E-state index in [0.717, 1.165) is 0 Å². The topological polar surface area (TPSA) is 188 Å². The van der Waals surface area contributed by atoms with Crippen molar-refractivity contribution in [2.75, 3.05) is 29.9 Å². The van der Waals surface area contributed by atoms with Crippen molar-refractivity contribution in [3.8, 4) is 11.3 Å². The number of aromatic nitrogens is 5. The van der Waals surface area contributed by atoms with Gasteiger partial charge in [0.05, 0.1) is 42.6 Å². The SMILES string of the molecule is N[C@]1([C@@H](O)C(F)F)CCCN(c2cnc(-c3cc(F)c(F)cc3F)cc2Cn2cnc3c(NC4OC(CO)C(O)C4O)ncnc32)C1. The summed E-state index contributed by atoms with van der Waals surface area (Å²) in [6, 6.07) is 2.52. The van der Waals surface area contributed by atoms with Gasteiger partial charge in [-0.1, -0.05) is 0 Å². The number of anilines is 2. The quantitative estimate of drug-likeness (QED) is 0.111. The van der Waals surface area contributed by atoms with Gasteiger partial charge in [0.2, 0.25) is 0 Å². The molecule has 18 heteroatoms. The fourth-order valence-electron chi connectivity index (χ4n) is 6.02.